The molecule has 0 radical (unpaired) electrons. The normalized spacial score (nSPS) is 13.1. The van der Waals surface area contributed by atoms with E-state index in [2.05, 4.69) is 4.72 Å². The van der Waals surface area contributed by atoms with Gasteiger partial charge in [-0.15, -0.1) is 0 Å². The summed E-state index contributed by atoms with van der Waals surface area (Å²) in [5, 5.41) is 13.6. The molecule has 2 N–H and O–H groups in total. The number of hydrogen-bond acceptors (Lipinski definition) is 5. The van der Waals surface area contributed by atoms with E-state index in [1.165, 1.54) is 11.3 Å². The third-order valence-electron chi connectivity index (χ3n) is 3.34. The summed E-state index contributed by atoms with van der Waals surface area (Å²) in [6.45, 7) is 3.53. The zero-order chi connectivity index (χ0) is 16.3. The Balaban J connectivity index is 2.17. The fourth-order valence-corrected chi connectivity index (χ4v) is 4.16. The summed E-state index contributed by atoms with van der Waals surface area (Å²) in [4.78, 5) is 0.167. The van der Waals surface area contributed by atoms with E-state index in [0.29, 0.717) is 11.3 Å². The third kappa shape index (κ3) is 3.67. The molecule has 0 amide bonds. The Hall–Kier alpha value is -1.41. The summed E-state index contributed by atoms with van der Waals surface area (Å²) in [6, 6.07) is 4.89. The quantitative estimate of drug-likeness (QED) is 0.846. The molecule has 1 aromatic carbocycles. The molecule has 2 aromatic rings. The van der Waals surface area contributed by atoms with Gasteiger partial charge < -0.3 is 9.84 Å². The van der Waals surface area contributed by atoms with E-state index in [9.17, 15) is 13.5 Å². The van der Waals surface area contributed by atoms with Crippen LogP contribution < -0.4 is 9.46 Å². The molecule has 1 heterocycles. The van der Waals surface area contributed by atoms with E-state index in [1.807, 2.05) is 5.38 Å². The van der Waals surface area contributed by atoms with E-state index >= 15 is 0 Å². The van der Waals surface area contributed by atoms with Gasteiger partial charge in [-0.3, -0.25) is 0 Å². The first-order chi connectivity index (χ1) is 10.3. The van der Waals surface area contributed by atoms with Crippen LogP contribution in [-0.2, 0) is 10.0 Å². The average Bonchev–Trinajstić information content (AvgIpc) is 2.98. The fraction of sp³-hybridized carbons (Fsp3) is 0.333. The lowest BCUT2D eigenvalue weighted by atomic mass is 10.1. The SMILES string of the molecule is COc1c(C)cc(S(=O)(=O)NCC(O)c2ccsc2)cc1C. The molecule has 1 atom stereocenters. The highest BCUT2D eigenvalue weighted by molar-refractivity contribution is 7.89. The van der Waals surface area contributed by atoms with Gasteiger partial charge in [0.2, 0.25) is 10.0 Å². The lowest BCUT2D eigenvalue weighted by Crippen LogP contribution is -2.28. The molecule has 0 aliphatic rings. The fourth-order valence-electron chi connectivity index (χ4n) is 2.24. The number of aliphatic hydroxyl groups is 1. The lowest BCUT2D eigenvalue weighted by molar-refractivity contribution is 0.182. The van der Waals surface area contributed by atoms with Crippen molar-refractivity contribution in [2.45, 2.75) is 24.8 Å². The maximum atomic E-state index is 12.3. The maximum absolute atomic E-state index is 12.3. The molecule has 0 aliphatic carbocycles. The van der Waals surface area contributed by atoms with E-state index in [4.69, 9.17) is 4.74 Å². The molecule has 0 aliphatic heterocycles. The minimum Gasteiger partial charge on any atom is -0.496 e. The molecule has 0 fully saturated rings. The van der Waals surface area contributed by atoms with Crippen molar-refractivity contribution in [2.75, 3.05) is 13.7 Å². The average molecular weight is 341 g/mol. The predicted molar refractivity (Wildman–Crippen MR) is 86.9 cm³/mol. The van der Waals surface area contributed by atoms with Crippen LogP contribution in [0.2, 0.25) is 0 Å². The molecule has 1 aromatic heterocycles. The number of ether oxygens (including phenoxy) is 1. The summed E-state index contributed by atoms with van der Waals surface area (Å²) < 4.78 is 32.4. The highest BCUT2D eigenvalue weighted by Crippen LogP contribution is 2.26. The van der Waals surface area contributed by atoms with Gasteiger partial charge in [-0.25, -0.2) is 13.1 Å². The zero-order valence-electron chi connectivity index (χ0n) is 12.7. The van der Waals surface area contributed by atoms with Crippen molar-refractivity contribution in [3.8, 4) is 5.75 Å². The van der Waals surface area contributed by atoms with Gasteiger partial charge in [0.15, 0.2) is 0 Å². The number of hydrogen-bond donors (Lipinski definition) is 2. The molecular weight excluding hydrogens is 322 g/mol. The van der Waals surface area contributed by atoms with Crippen LogP contribution in [0.4, 0.5) is 0 Å². The summed E-state index contributed by atoms with van der Waals surface area (Å²) in [5.41, 5.74) is 2.21. The number of thiophene rings is 1. The highest BCUT2D eigenvalue weighted by atomic mass is 32.2. The van der Waals surface area contributed by atoms with Gasteiger partial charge in [0.05, 0.1) is 18.1 Å². The molecule has 0 bridgehead atoms. The summed E-state index contributed by atoms with van der Waals surface area (Å²) in [5.74, 6) is 0.678. The van der Waals surface area contributed by atoms with E-state index < -0.39 is 16.1 Å². The van der Waals surface area contributed by atoms with Gasteiger partial charge in [0.25, 0.3) is 0 Å². The number of aliphatic hydroxyl groups excluding tert-OH is 1. The van der Waals surface area contributed by atoms with Gasteiger partial charge in [-0.2, -0.15) is 11.3 Å². The van der Waals surface area contributed by atoms with Crippen LogP contribution in [0, 0.1) is 13.8 Å². The molecule has 0 spiro atoms. The Bertz CT molecular complexity index is 716. The van der Waals surface area contributed by atoms with Gasteiger partial charge in [0.1, 0.15) is 5.75 Å². The summed E-state index contributed by atoms with van der Waals surface area (Å²) in [6.07, 6.45) is -0.860. The lowest BCUT2D eigenvalue weighted by Gasteiger charge is -2.14. The van der Waals surface area contributed by atoms with Crippen LogP contribution in [0.3, 0.4) is 0 Å². The molecule has 7 heteroatoms. The van der Waals surface area contributed by atoms with Crippen molar-refractivity contribution in [3.05, 3.63) is 45.6 Å². The second kappa shape index (κ2) is 6.78. The standard InChI is InChI=1S/C15H19NO4S2/c1-10-6-13(7-11(2)15(10)20-3)22(18,19)16-8-14(17)12-4-5-21-9-12/h4-7,9,14,16-17H,8H2,1-3H3. The Labute approximate surface area is 134 Å². The highest BCUT2D eigenvalue weighted by Gasteiger charge is 2.19. The number of sulfonamides is 1. The van der Waals surface area contributed by atoms with Gasteiger partial charge in [-0.05, 0) is 59.5 Å². The van der Waals surface area contributed by atoms with E-state index in [1.54, 1.807) is 44.5 Å². The molecule has 120 valence electrons. The second-order valence-corrected chi connectivity index (χ2v) is 7.56. The molecule has 22 heavy (non-hydrogen) atoms. The maximum Gasteiger partial charge on any atom is 0.240 e. The van der Waals surface area contributed by atoms with Crippen molar-refractivity contribution < 1.29 is 18.3 Å². The van der Waals surface area contributed by atoms with Crippen LogP contribution in [0.5, 0.6) is 5.75 Å². The van der Waals surface area contributed by atoms with Crippen LogP contribution in [0.25, 0.3) is 0 Å². The van der Waals surface area contributed by atoms with E-state index in [-0.39, 0.29) is 11.4 Å². The minimum absolute atomic E-state index is 0.0663. The monoisotopic (exact) mass is 341 g/mol. The Morgan fingerprint density at radius 1 is 1.32 bits per heavy atom. The number of rotatable bonds is 6. The van der Waals surface area contributed by atoms with Crippen LogP contribution >= 0.6 is 11.3 Å². The van der Waals surface area contributed by atoms with Crippen molar-refractivity contribution in [1.82, 2.24) is 4.72 Å². The topological polar surface area (TPSA) is 75.6 Å². The number of nitrogens with one attached hydrogen (secondary N) is 1. The Kier molecular flexibility index (Phi) is 5.23. The summed E-state index contributed by atoms with van der Waals surface area (Å²) >= 11 is 1.45. The predicted octanol–water partition coefficient (Wildman–Crippen LogP) is 2.39. The largest absolute Gasteiger partial charge is 0.496 e. The Morgan fingerprint density at radius 3 is 2.45 bits per heavy atom. The first-order valence-corrected chi connectivity index (χ1v) is 9.13. The molecule has 5 nitrogen and oxygen atoms in total. The Morgan fingerprint density at radius 2 is 1.95 bits per heavy atom. The minimum atomic E-state index is -3.68. The summed E-state index contributed by atoms with van der Waals surface area (Å²) in [7, 11) is -2.12. The van der Waals surface area contributed by atoms with Gasteiger partial charge in [0, 0.05) is 6.54 Å². The van der Waals surface area contributed by atoms with Gasteiger partial charge >= 0.3 is 0 Å². The molecule has 2 rings (SSSR count). The molecule has 1 unspecified atom stereocenters. The van der Waals surface area contributed by atoms with Crippen molar-refractivity contribution >= 4 is 21.4 Å². The molecule has 0 saturated heterocycles. The number of methoxy groups -OCH3 is 1. The molecule has 0 saturated carbocycles. The zero-order valence-corrected chi connectivity index (χ0v) is 14.3. The number of benzene rings is 1. The first kappa shape index (κ1) is 17.0. The van der Waals surface area contributed by atoms with Gasteiger partial charge in [-0.1, -0.05) is 0 Å². The molecular formula is C15H19NO4S2. The third-order valence-corrected chi connectivity index (χ3v) is 5.45. The van der Waals surface area contributed by atoms with Crippen molar-refractivity contribution in [1.29, 1.82) is 0 Å². The number of aryl methyl sites for hydroxylation is 2. The van der Waals surface area contributed by atoms with E-state index in [0.717, 1.165) is 11.1 Å². The first-order valence-electron chi connectivity index (χ1n) is 6.70. The smallest absolute Gasteiger partial charge is 0.240 e. The van der Waals surface area contributed by atoms with Crippen LogP contribution in [0.1, 0.15) is 22.8 Å². The van der Waals surface area contributed by atoms with Crippen LogP contribution in [0.15, 0.2) is 33.9 Å². The second-order valence-electron chi connectivity index (χ2n) is 5.01. The van der Waals surface area contributed by atoms with Crippen LogP contribution in [-0.4, -0.2) is 27.2 Å². The van der Waals surface area contributed by atoms with Crippen molar-refractivity contribution in [3.63, 3.8) is 0 Å². The van der Waals surface area contributed by atoms with Crippen molar-refractivity contribution in [2.24, 2.45) is 0 Å².